The van der Waals surface area contributed by atoms with Crippen LogP contribution < -0.4 is 14.8 Å². The van der Waals surface area contributed by atoms with Crippen LogP contribution in [0.5, 0.6) is 11.5 Å². The summed E-state index contributed by atoms with van der Waals surface area (Å²) in [6.45, 7) is 7.97. The van der Waals surface area contributed by atoms with Crippen LogP contribution in [-0.2, 0) is 4.79 Å². The predicted octanol–water partition coefficient (Wildman–Crippen LogP) is 4.35. The van der Waals surface area contributed by atoms with Crippen LogP contribution in [0.4, 0.5) is 0 Å². The normalized spacial score (nSPS) is 13.0. The molecule has 0 aromatic heterocycles. The molecule has 0 bridgehead atoms. The summed E-state index contributed by atoms with van der Waals surface area (Å²) in [6.07, 6.45) is 0.0662. The Kier molecular flexibility index (Phi) is 6.45. The van der Waals surface area contributed by atoms with Crippen LogP contribution in [0, 0.1) is 13.8 Å². The maximum atomic E-state index is 12.6. The number of carbonyl (C=O) groups is 1. The summed E-state index contributed by atoms with van der Waals surface area (Å²) in [7, 11) is 1.63. The van der Waals surface area contributed by atoms with Crippen molar-refractivity contribution in [3.05, 3.63) is 59.2 Å². The van der Waals surface area contributed by atoms with E-state index in [1.165, 1.54) is 5.56 Å². The number of benzene rings is 2. The number of aryl methyl sites for hydroxylation is 2. The average Bonchev–Trinajstić information content (AvgIpc) is 2.62. The van der Waals surface area contributed by atoms with Crippen molar-refractivity contribution < 1.29 is 14.3 Å². The van der Waals surface area contributed by atoms with Crippen LogP contribution in [0.15, 0.2) is 42.5 Å². The van der Waals surface area contributed by atoms with Crippen molar-refractivity contribution in [2.24, 2.45) is 0 Å². The van der Waals surface area contributed by atoms with E-state index in [9.17, 15) is 4.79 Å². The van der Waals surface area contributed by atoms with E-state index in [1.54, 1.807) is 7.11 Å². The quantitative estimate of drug-likeness (QED) is 0.814. The molecule has 1 N–H and O–H groups in total. The third kappa shape index (κ3) is 4.75. The van der Waals surface area contributed by atoms with Gasteiger partial charge in [0.1, 0.15) is 11.5 Å². The lowest BCUT2D eigenvalue weighted by molar-refractivity contribution is -0.128. The van der Waals surface area contributed by atoms with Crippen LogP contribution in [0.3, 0.4) is 0 Å². The van der Waals surface area contributed by atoms with Gasteiger partial charge in [0, 0.05) is 5.56 Å². The SMILES string of the molecule is CC[C@@H](Oc1ccc(C)c(C)c1)C(=O)N[C@@H](C)c1ccccc1OC. The second-order valence-corrected chi connectivity index (χ2v) is 6.23. The fourth-order valence-corrected chi connectivity index (χ4v) is 2.68. The number of rotatable bonds is 7. The monoisotopic (exact) mass is 341 g/mol. The molecule has 4 heteroatoms. The third-order valence-electron chi connectivity index (χ3n) is 4.38. The van der Waals surface area contributed by atoms with E-state index in [0.717, 1.165) is 22.6 Å². The smallest absolute Gasteiger partial charge is 0.261 e. The molecule has 2 atom stereocenters. The first-order valence-corrected chi connectivity index (χ1v) is 8.63. The van der Waals surface area contributed by atoms with Gasteiger partial charge in [0.05, 0.1) is 13.2 Å². The van der Waals surface area contributed by atoms with Gasteiger partial charge >= 0.3 is 0 Å². The fourth-order valence-electron chi connectivity index (χ4n) is 2.68. The summed E-state index contributed by atoms with van der Waals surface area (Å²) in [6, 6.07) is 13.4. The lowest BCUT2D eigenvalue weighted by Gasteiger charge is -2.22. The molecule has 25 heavy (non-hydrogen) atoms. The summed E-state index contributed by atoms with van der Waals surface area (Å²) in [5.74, 6) is 1.35. The average molecular weight is 341 g/mol. The van der Waals surface area contributed by atoms with Gasteiger partial charge in [-0.3, -0.25) is 4.79 Å². The largest absolute Gasteiger partial charge is 0.496 e. The lowest BCUT2D eigenvalue weighted by Crippen LogP contribution is -2.39. The van der Waals surface area contributed by atoms with E-state index >= 15 is 0 Å². The van der Waals surface area contributed by atoms with E-state index in [0.29, 0.717) is 6.42 Å². The number of nitrogens with one attached hydrogen (secondary N) is 1. The minimum atomic E-state index is -0.528. The van der Waals surface area contributed by atoms with Crippen molar-refractivity contribution in [1.29, 1.82) is 0 Å². The number of hydrogen-bond donors (Lipinski definition) is 1. The molecular weight excluding hydrogens is 314 g/mol. The zero-order valence-electron chi connectivity index (χ0n) is 15.6. The fraction of sp³-hybridized carbons (Fsp3) is 0.381. The Morgan fingerprint density at radius 3 is 2.48 bits per heavy atom. The molecule has 134 valence electrons. The Morgan fingerprint density at radius 1 is 1.12 bits per heavy atom. The third-order valence-corrected chi connectivity index (χ3v) is 4.38. The van der Waals surface area contributed by atoms with Gasteiger partial charge < -0.3 is 14.8 Å². The molecule has 2 aromatic rings. The molecule has 0 unspecified atom stereocenters. The van der Waals surface area contributed by atoms with Crippen molar-refractivity contribution in [1.82, 2.24) is 5.32 Å². The Bertz CT molecular complexity index is 727. The molecule has 4 nitrogen and oxygen atoms in total. The molecule has 0 spiro atoms. The summed E-state index contributed by atoms with van der Waals surface area (Å²) >= 11 is 0. The molecule has 2 aromatic carbocycles. The second kappa shape index (κ2) is 8.56. The minimum Gasteiger partial charge on any atom is -0.496 e. The van der Waals surface area contributed by atoms with E-state index in [2.05, 4.69) is 12.2 Å². The van der Waals surface area contributed by atoms with E-state index in [4.69, 9.17) is 9.47 Å². The number of para-hydroxylation sites is 1. The van der Waals surface area contributed by atoms with Crippen molar-refractivity contribution in [2.75, 3.05) is 7.11 Å². The van der Waals surface area contributed by atoms with Crippen molar-refractivity contribution >= 4 is 5.91 Å². The van der Waals surface area contributed by atoms with Gasteiger partial charge in [0.2, 0.25) is 0 Å². The molecular formula is C21H27NO3. The first kappa shape index (κ1) is 18.8. The molecule has 0 aliphatic carbocycles. The number of ether oxygens (including phenoxy) is 2. The topological polar surface area (TPSA) is 47.6 Å². The highest BCUT2D eigenvalue weighted by Crippen LogP contribution is 2.25. The summed E-state index contributed by atoms with van der Waals surface area (Å²) in [5, 5.41) is 3.02. The van der Waals surface area contributed by atoms with E-state index in [1.807, 2.05) is 63.2 Å². The summed E-state index contributed by atoms with van der Waals surface area (Å²) in [5.41, 5.74) is 3.30. The summed E-state index contributed by atoms with van der Waals surface area (Å²) in [4.78, 5) is 12.6. The Hall–Kier alpha value is -2.49. The number of methoxy groups -OCH3 is 1. The Balaban J connectivity index is 2.07. The standard InChI is InChI=1S/C21H27NO3/c1-6-19(25-17-12-11-14(2)15(3)13-17)21(23)22-16(4)18-9-7-8-10-20(18)24-5/h7-13,16,19H,6H2,1-5H3,(H,22,23)/t16-,19+/m0/s1. The minimum absolute atomic E-state index is 0.126. The van der Waals surface area contributed by atoms with Crippen LogP contribution in [0.25, 0.3) is 0 Å². The van der Waals surface area contributed by atoms with Gasteiger partial charge in [0.15, 0.2) is 6.10 Å². The molecule has 0 heterocycles. The highest BCUT2D eigenvalue weighted by Gasteiger charge is 2.22. The van der Waals surface area contributed by atoms with Gasteiger partial charge in [-0.2, -0.15) is 0 Å². The van der Waals surface area contributed by atoms with Crippen LogP contribution in [0.2, 0.25) is 0 Å². The van der Waals surface area contributed by atoms with Crippen LogP contribution in [-0.4, -0.2) is 19.1 Å². The predicted molar refractivity (Wildman–Crippen MR) is 100 cm³/mol. The van der Waals surface area contributed by atoms with Gasteiger partial charge in [0.25, 0.3) is 5.91 Å². The first-order chi connectivity index (χ1) is 12.0. The molecule has 0 saturated carbocycles. The van der Waals surface area contributed by atoms with Crippen molar-refractivity contribution in [3.8, 4) is 11.5 Å². The van der Waals surface area contributed by atoms with Gasteiger partial charge in [-0.1, -0.05) is 31.2 Å². The van der Waals surface area contributed by atoms with E-state index < -0.39 is 6.10 Å². The number of carbonyl (C=O) groups excluding carboxylic acids is 1. The second-order valence-electron chi connectivity index (χ2n) is 6.23. The zero-order chi connectivity index (χ0) is 18.4. The number of hydrogen-bond acceptors (Lipinski definition) is 3. The Labute approximate surface area is 150 Å². The number of amides is 1. The molecule has 0 aliphatic rings. The van der Waals surface area contributed by atoms with Gasteiger partial charge in [-0.15, -0.1) is 0 Å². The summed E-state index contributed by atoms with van der Waals surface area (Å²) < 4.78 is 11.3. The molecule has 0 radical (unpaired) electrons. The zero-order valence-corrected chi connectivity index (χ0v) is 15.6. The van der Waals surface area contributed by atoms with Crippen molar-refractivity contribution in [2.45, 2.75) is 46.3 Å². The maximum Gasteiger partial charge on any atom is 0.261 e. The van der Waals surface area contributed by atoms with E-state index in [-0.39, 0.29) is 11.9 Å². The molecule has 2 rings (SSSR count). The Morgan fingerprint density at radius 2 is 1.84 bits per heavy atom. The molecule has 1 amide bonds. The molecule has 0 fully saturated rings. The van der Waals surface area contributed by atoms with Crippen LogP contribution >= 0.6 is 0 Å². The molecule has 0 saturated heterocycles. The highest BCUT2D eigenvalue weighted by atomic mass is 16.5. The van der Waals surface area contributed by atoms with Gasteiger partial charge in [-0.05, 0) is 56.5 Å². The van der Waals surface area contributed by atoms with Gasteiger partial charge in [-0.25, -0.2) is 0 Å². The van der Waals surface area contributed by atoms with Crippen LogP contribution in [0.1, 0.15) is 43.0 Å². The molecule has 0 aliphatic heterocycles. The van der Waals surface area contributed by atoms with Crippen molar-refractivity contribution in [3.63, 3.8) is 0 Å². The maximum absolute atomic E-state index is 12.6. The lowest BCUT2D eigenvalue weighted by atomic mass is 10.1. The highest BCUT2D eigenvalue weighted by molar-refractivity contribution is 5.81. The first-order valence-electron chi connectivity index (χ1n) is 8.63.